The maximum absolute atomic E-state index is 12.8. The summed E-state index contributed by atoms with van der Waals surface area (Å²) in [6, 6.07) is -5.52. The van der Waals surface area contributed by atoms with Gasteiger partial charge in [0.25, 0.3) is 0 Å². The molecule has 33 heavy (non-hydrogen) atoms. The molecule has 0 aromatic heterocycles. The number of nitrogens with two attached hydrogens (primary N) is 1. The molecule has 0 aromatic carbocycles. The lowest BCUT2D eigenvalue weighted by Gasteiger charge is -2.24. The summed E-state index contributed by atoms with van der Waals surface area (Å²) in [4.78, 5) is 70.7. The molecule has 0 rings (SSSR count). The molecule has 0 saturated heterocycles. The van der Waals surface area contributed by atoms with Gasteiger partial charge in [0.2, 0.25) is 17.7 Å². The summed E-state index contributed by atoms with van der Waals surface area (Å²) in [5.74, 6) is -6.17. The van der Waals surface area contributed by atoms with Gasteiger partial charge in [-0.2, -0.15) is 23.5 Å². The van der Waals surface area contributed by atoms with Crippen molar-refractivity contribution >= 4 is 59.2 Å². The number of hydrogen-bond donors (Lipinski definition) is 7. The molecule has 4 unspecified atom stereocenters. The average Bonchev–Trinajstić information content (AvgIpc) is 2.72. The van der Waals surface area contributed by atoms with Gasteiger partial charge in [-0.15, -0.1) is 0 Å². The third kappa shape index (κ3) is 12.9. The number of aliphatic carboxylic acids is 3. The zero-order valence-electron chi connectivity index (χ0n) is 18.2. The number of hydrogen-bond acceptors (Lipinski definition) is 9. The van der Waals surface area contributed by atoms with Gasteiger partial charge in [0.15, 0.2) is 0 Å². The Hall–Kier alpha value is -2.52. The number of rotatable bonds is 17. The maximum Gasteiger partial charge on any atom is 0.326 e. The molecule has 15 heteroatoms. The standard InChI is InChI=1S/C18H30N4O9S2/c1-32-5-3-9(19)15(27)20-10(4-6-33-2)16(28)21-11(7-13(23)24)17(29)22-12(18(30)31)8-14(25)26/h9-12H,3-8,19H2,1-2H3,(H,20,27)(H,21,28)(H,22,29)(H,23,24)(H,25,26)(H,30,31). The second-order valence-corrected chi connectivity index (χ2v) is 8.86. The number of nitrogens with one attached hydrogen (secondary N) is 3. The van der Waals surface area contributed by atoms with Crippen LogP contribution in [-0.4, -0.2) is 99.1 Å². The highest BCUT2D eigenvalue weighted by Crippen LogP contribution is 2.06. The molecule has 0 bridgehead atoms. The van der Waals surface area contributed by atoms with Crippen LogP contribution in [0.1, 0.15) is 25.7 Å². The predicted molar refractivity (Wildman–Crippen MR) is 122 cm³/mol. The fourth-order valence-electron chi connectivity index (χ4n) is 2.46. The van der Waals surface area contributed by atoms with Crippen molar-refractivity contribution in [1.82, 2.24) is 16.0 Å². The molecule has 0 aliphatic carbocycles. The molecule has 0 aliphatic heterocycles. The first-order valence-corrected chi connectivity index (χ1v) is 12.5. The first-order chi connectivity index (χ1) is 15.4. The van der Waals surface area contributed by atoms with Gasteiger partial charge >= 0.3 is 17.9 Å². The Morgan fingerprint density at radius 1 is 0.697 bits per heavy atom. The van der Waals surface area contributed by atoms with Gasteiger partial charge in [0.1, 0.15) is 18.1 Å². The molecule has 8 N–H and O–H groups in total. The fourth-order valence-corrected chi connectivity index (χ4v) is 3.42. The van der Waals surface area contributed by atoms with E-state index >= 15 is 0 Å². The average molecular weight is 511 g/mol. The molecule has 3 amide bonds. The molecule has 0 spiro atoms. The molecule has 0 radical (unpaired) electrons. The van der Waals surface area contributed by atoms with E-state index < -0.39 is 72.6 Å². The van der Waals surface area contributed by atoms with Crippen LogP contribution in [0.5, 0.6) is 0 Å². The lowest BCUT2D eigenvalue weighted by Crippen LogP contribution is -2.57. The quantitative estimate of drug-likeness (QED) is 0.116. The van der Waals surface area contributed by atoms with Gasteiger partial charge in [0.05, 0.1) is 18.9 Å². The first kappa shape index (κ1) is 30.5. The Morgan fingerprint density at radius 2 is 1.12 bits per heavy atom. The normalized spacial score (nSPS) is 14.3. The number of carboxylic acids is 3. The third-order valence-corrected chi connectivity index (χ3v) is 5.51. The van der Waals surface area contributed by atoms with Crippen LogP contribution in [0, 0.1) is 0 Å². The Bertz CT molecular complexity index is 723. The highest BCUT2D eigenvalue weighted by atomic mass is 32.2. The number of thioether (sulfide) groups is 2. The van der Waals surface area contributed by atoms with E-state index in [0.29, 0.717) is 17.9 Å². The smallest absolute Gasteiger partial charge is 0.326 e. The highest BCUT2D eigenvalue weighted by molar-refractivity contribution is 7.98. The largest absolute Gasteiger partial charge is 0.481 e. The van der Waals surface area contributed by atoms with Crippen molar-refractivity contribution in [2.24, 2.45) is 5.73 Å². The van der Waals surface area contributed by atoms with E-state index in [-0.39, 0.29) is 6.42 Å². The van der Waals surface area contributed by atoms with E-state index in [4.69, 9.17) is 21.1 Å². The first-order valence-electron chi connectivity index (χ1n) is 9.73. The maximum atomic E-state index is 12.8. The minimum Gasteiger partial charge on any atom is -0.481 e. The fraction of sp³-hybridized carbons (Fsp3) is 0.667. The van der Waals surface area contributed by atoms with E-state index in [9.17, 15) is 28.8 Å². The van der Waals surface area contributed by atoms with Crippen LogP contribution in [-0.2, 0) is 28.8 Å². The monoisotopic (exact) mass is 510 g/mol. The number of carbonyl (C=O) groups is 6. The molecule has 4 atom stereocenters. The number of amides is 3. The molecule has 0 heterocycles. The van der Waals surface area contributed by atoms with Crippen molar-refractivity contribution in [3.63, 3.8) is 0 Å². The van der Waals surface area contributed by atoms with Crippen LogP contribution in [0.2, 0.25) is 0 Å². The van der Waals surface area contributed by atoms with Crippen molar-refractivity contribution in [2.75, 3.05) is 24.0 Å². The summed E-state index contributed by atoms with van der Waals surface area (Å²) < 4.78 is 0. The van der Waals surface area contributed by atoms with Gasteiger partial charge in [-0.3, -0.25) is 24.0 Å². The Kier molecular flexibility index (Phi) is 14.9. The predicted octanol–water partition coefficient (Wildman–Crippen LogP) is -1.69. The third-order valence-electron chi connectivity index (χ3n) is 4.22. The zero-order chi connectivity index (χ0) is 25.6. The molecule has 188 valence electrons. The van der Waals surface area contributed by atoms with Crippen molar-refractivity contribution in [1.29, 1.82) is 0 Å². The van der Waals surface area contributed by atoms with Crippen LogP contribution < -0.4 is 21.7 Å². The lowest BCUT2D eigenvalue weighted by atomic mass is 10.1. The van der Waals surface area contributed by atoms with Crippen molar-refractivity contribution < 1.29 is 44.1 Å². The van der Waals surface area contributed by atoms with Crippen LogP contribution in [0.3, 0.4) is 0 Å². The van der Waals surface area contributed by atoms with Gasteiger partial charge < -0.3 is 37.0 Å². The second kappa shape index (κ2) is 16.1. The van der Waals surface area contributed by atoms with Crippen LogP contribution in [0.4, 0.5) is 0 Å². The summed E-state index contributed by atoms with van der Waals surface area (Å²) in [5, 5.41) is 33.5. The Morgan fingerprint density at radius 3 is 1.61 bits per heavy atom. The zero-order valence-corrected chi connectivity index (χ0v) is 19.9. The summed E-state index contributed by atoms with van der Waals surface area (Å²) in [6.45, 7) is 0. The van der Waals surface area contributed by atoms with Gasteiger partial charge in [-0.25, -0.2) is 4.79 Å². The lowest BCUT2D eigenvalue weighted by molar-refractivity contribution is -0.148. The van der Waals surface area contributed by atoms with Crippen LogP contribution in [0.15, 0.2) is 0 Å². The summed E-state index contributed by atoms with van der Waals surface area (Å²) in [7, 11) is 0. The topological polar surface area (TPSA) is 225 Å². The molecule has 0 saturated carbocycles. The molecule has 0 aliphatic rings. The van der Waals surface area contributed by atoms with Crippen molar-refractivity contribution in [2.45, 2.75) is 49.9 Å². The summed E-state index contributed by atoms with van der Waals surface area (Å²) >= 11 is 2.88. The van der Waals surface area contributed by atoms with Gasteiger partial charge in [0, 0.05) is 0 Å². The Labute approximate surface area is 199 Å². The van der Waals surface area contributed by atoms with Gasteiger partial charge in [-0.1, -0.05) is 0 Å². The number of carbonyl (C=O) groups excluding carboxylic acids is 3. The van der Waals surface area contributed by atoms with E-state index in [0.717, 1.165) is 0 Å². The Balaban J connectivity index is 5.45. The van der Waals surface area contributed by atoms with E-state index in [2.05, 4.69) is 10.6 Å². The van der Waals surface area contributed by atoms with E-state index in [1.165, 1.54) is 23.5 Å². The SMILES string of the molecule is CSCCC(N)C(=O)NC(CCSC)C(=O)NC(CC(=O)O)C(=O)NC(CC(=O)O)C(=O)O. The number of carboxylic acid groups (broad SMARTS) is 3. The second-order valence-electron chi connectivity index (χ2n) is 6.89. The molecule has 13 nitrogen and oxygen atoms in total. The highest BCUT2D eigenvalue weighted by Gasteiger charge is 2.32. The van der Waals surface area contributed by atoms with Crippen LogP contribution in [0.25, 0.3) is 0 Å². The minimum atomic E-state index is -1.83. The van der Waals surface area contributed by atoms with E-state index in [1.54, 1.807) is 6.26 Å². The van der Waals surface area contributed by atoms with Gasteiger partial charge in [-0.05, 0) is 36.9 Å². The summed E-state index contributed by atoms with van der Waals surface area (Å²) in [5.41, 5.74) is 5.81. The van der Waals surface area contributed by atoms with Crippen molar-refractivity contribution in [3.05, 3.63) is 0 Å². The molecular formula is C18H30N4O9S2. The minimum absolute atomic E-state index is 0.159. The van der Waals surface area contributed by atoms with Crippen LogP contribution >= 0.6 is 23.5 Å². The molecule has 0 aromatic rings. The van der Waals surface area contributed by atoms with Crippen molar-refractivity contribution in [3.8, 4) is 0 Å². The molecular weight excluding hydrogens is 480 g/mol. The molecule has 0 fully saturated rings. The summed E-state index contributed by atoms with van der Waals surface area (Å²) in [6.07, 6.45) is 2.30. The van der Waals surface area contributed by atoms with E-state index in [1.807, 2.05) is 11.6 Å².